The molecular formula is C22H21NO4. The standard InChI is InChI=1S/C22H21NO4/c1-14-21(17-9-5-6-10-18(17)23-14)22(25)15(2)27-20(24)13-12-16-8-4-7-11-19(16)26-3/h4-13,15,23H,1-3H3/b13-12+/t15-/m1/s1. The number of esters is 1. The molecule has 1 atom stereocenters. The number of Topliss-reactive ketones (excluding diaryl/α,β-unsaturated/α-hetero) is 1. The number of rotatable bonds is 6. The van der Waals surface area contributed by atoms with Crippen molar-refractivity contribution in [2.75, 3.05) is 7.11 Å². The minimum Gasteiger partial charge on any atom is -0.496 e. The van der Waals surface area contributed by atoms with E-state index in [1.165, 1.54) is 6.08 Å². The zero-order valence-corrected chi connectivity index (χ0v) is 15.5. The van der Waals surface area contributed by atoms with Gasteiger partial charge in [0, 0.05) is 33.8 Å². The van der Waals surface area contributed by atoms with Crippen LogP contribution in [0.3, 0.4) is 0 Å². The highest BCUT2D eigenvalue weighted by molar-refractivity contribution is 6.11. The molecule has 0 aliphatic heterocycles. The van der Waals surface area contributed by atoms with E-state index in [-0.39, 0.29) is 5.78 Å². The van der Waals surface area contributed by atoms with Gasteiger partial charge >= 0.3 is 5.97 Å². The van der Waals surface area contributed by atoms with Crippen molar-refractivity contribution in [3.05, 3.63) is 71.4 Å². The summed E-state index contributed by atoms with van der Waals surface area (Å²) in [5, 5.41) is 0.826. The number of ether oxygens (including phenoxy) is 2. The number of H-pyrrole nitrogens is 1. The molecule has 0 saturated heterocycles. The van der Waals surface area contributed by atoms with Crippen molar-refractivity contribution in [1.29, 1.82) is 0 Å². The minimum atomic E-state index is -0.891. The van der Waals surface area contributed by atoms with Gasteiger partial charge in [-0.15, -0.1) is 0 Å². The molecule has 0 unspecified atom stereocenters. The molecule has 0 saturated carbocycles. The molecule has 3 aromatic rings. The van der Waals surface area contributed by atoms with Gasteiger partial charge in [0.05, 0.1) is 7.11 Å². The van der Waals surface area contributed by atoms with E-state index < -0.39 is 12.1 Å². The number of para-hydroxylation sites is 2. The van der Waals surface area contributed by atoms with Gasteiger partial charge in [0.2, 0.25) is 5.78 Å². The predicted molar refractivity (Wildman–Crippen MR) is 105 cm³/mol. The van der Waals surface area contributed by atoms with E-state index in [1.54, 1.807) is 26.2 Å². The monoisotopic (exact) mass is 363 g/mol. The molecule has 27 heavy (non-hydrogen) atoms. The molecule has 0 spiro atoms. The molecule has 138 valence electrons. The number of aromatic amines is 1. The van der Waals surface area contributed by atoms with E-state index in [1.807, 2.05) is 49.4 Å². The molecule has 1 N–H and O–H groups in total. The van der Waals surface area contributed by atoms with E-state index in [0.29, 0.717) is 11.3 Å². The molecule has 0 radical (unpaired) electrons. The van der Waals surface area contributed by atoms with Crippen molar-refractivity contribution in [1.82, 2.24) is 4.98 Å². The van der Waals surface area contributed by atoms with Crippen LogP contribution in [0.4, 0.5) is 0 Å². The van der Waals surface area contributed by atoms with Crippen molar-refractivity contribution >= 4 is 28.7 Å². The Balaban J connectivity index is 1.73. The minimum absolute atomic E-state index is 0.232. The Morgan fingerprint density at radius 3 is 2.56 bits per heavy atom. The van der Waals surface area contributed by atoms with E-state index in [0.717, 1.165) is 22.2 Å². The van der Waals surface area contributed by atoms with Gasteiger partial charge in [0.1, 0.15) is 5.75 Å². The maximum Gasteiger partial charge on any atom is 0.331 e. The molecular weight excluding hydrogens is 342 g/mol. The van der Waals surface area contributed by atoms with Gasteiger partial charge in [0.25, 0.3) is 0 Å². The number of ketones is 1. The fraction of sp³-hybridized carbons (Fsp3) is 0.182. The molecule has 0 fully saturated rings. The Bertz CT molecular complexity index is 1020. The Morgan fingerprint density at radius 1 is 1.07 bits per heavy atom. The van der Waals surface area contributed by atoms with Crippen LogP contribution >= 0.6 is 0 Å². The number of aromatic nitrogens is 1. The van der Waals surface area contributed by atoms with Crippen LogP contribution in [0.2, 0.25) is 0 Å². The van der Waals surface area contributed by atoms with Crippen molar-refractivity contribution < 1.29 is 19.1 Å². The van der Waals surface area contributed by atoms with Crippen LogP contribution in [0, 0.1) is 6.92 Å². The second-order valence-corrected chi connectivity index (χ2v) is 6.19. The van der Waals surface area contributed by atoms with Gasteiger partial charge < -0.3 is 14.5 Å². The number of benzene rings is 2. The highest BCUT2D eigenvalue weighted by atomic mass is 16.5. The Labute approximate surface area is 157 Å². The fourth-order valence-electron chi connectivity index (χ4n) is 3.03. The lowest BCUT2D eigenvalue weighted by Crippen LogP contribution is -2.24. The maximum absolute atomic E-state index is 12.8. The number of carbonyl (C=O) groups excluding carboxylic acids is 2. The summed E-state index contributed by atoms with van der Waals surface area (Å²) in [6.45, 7) is 3.42. The molecule has 5 heteroatoms. The normalized spacial score (nSPS) is 12.3. The number of hydrogen-bond donors (Lipinski definition) is 1. The number of hydrogen-bond acceptors (Lipinski definition) is 4. The molecule has 1 heterocycles. The number of methoxy groups -OCH3 is 1. The molecule has 2 aromatic carbocycles. The summed E-state index contributed by atoms with van der Waals surface area (Å²) in [5.41, 5.74) is 2.95. The second kappa shape index (κ2) is 7.91. The smallest absolute Gasteiger partial charge is 0.331 e. The van der Waals surface area contributed by atoms with Crippen LogP contribution in [0.5, 0.6) is 5.75 Å². The third-order valence-corrected chi connectivity index (χ3v) is 4.34. The summed E-state index contributed by atoms with van der Waals surface area (Å²) in [7, 11) is 1.56. The lowest BCUT2D eigenvalue weighted by atomic mass is 10.0. The fourth-order valence-corrected chi connectivity index (χ4v) is 3.03. The second-order valence-electron chi connectivity index (χ2n) is 6.19. The van der Waals surface area contributed by atoms with E-state index >= 15 is 0 Å². The van der Waals surface area contributed by atoms with Crippen LogP contribution in [0.15, 0.2) is 54.6 Å². The van der Waals surface area contributed by atoms with Gasteiger partial charge in [0.15, 0.2) is 6.10 Å². The lowest BCUT2D eigenvalue weighted by Gasteiger charge is -2.11. The first-order valence-electron chi connectivity index (χ1n) is 8.64. The average molecular weight is 363 g/mol. The molecule has 1 aromatic heterocycles. The summed E-state index contributed by atoms with van der Waals surface area (Å²) in [6, 6.07) is 14.9. The molecule has 0 aliphatic rings. The van der Waals surface area contributed by atoms with Crippen molar-refractivity contribution in [3.8, 4) is 5.75 Å². The first kappa shape index (κ1) is 18.5. The highest BCUT2D eigenvalue weighted by Crippen LogP contribution is 2.24. The summed E-state index contributed by atoms with van der Waals surface area (Å²) in [4.78, 5) is 28.1. The number of nitrogens with one attached hydrogen (secondary N) is 1. The zero-order chi connectivity index (χ0) is 19.4. The molecule has 0 aliphatic carbocycles. The van der Waals surface area contributed by atoms with Gasteiger partial charge in [-0.2, -0.15) is 0 Å². The van der Waals surface area contributed by atoms with Crippen LogP contribution in [-0.2, 0) is 9.53 Å². The Morgan fingerprint density at radius 2 is 1.78 bits per heavy atom. The number of fused-ring (bicyclic) bond motifs is 1. The van der Waals surface area contributed by atoms with E-state index in [4.69, 9.17) is 9.47 Å². The van der Waals surface area contributed by atoms with Crippen molar-refractivity contribution in [3.63, 3.8) is 0 Å². The lowest BCUT2D eigenvalue weighted by molar-refractivity contribution is -0.140. The number of carbonyl (C=O) groups is 2. The van der Waals surface area contributed by atoms with Gasteiger partial charge in [-0.3, -0.25) is 4.79 Å². The van der Waals surface area contributed by atoms with Crippen molar-refractivity contribution in [2.24, 2.45) is 0 Å². The SMILES string of the molecule is COc1ccccc1/C=C/C(=O)O[C@H](C)C(=O)c1c(C)[nH]c2ccccc12. The van der Waals surface area contributed by atoms with Crippen LogP contribution in [0.25, 0.3) is 17.0 Å². The molecule has 0 amide bonds. The van der Waals surface area contributed by atoms with Crippen LogP contribution < -0.4 is 4.74 Å². The Kier molecular flexibility index (Phi) is 5.41. The van der Waals surface area contributed by atoms with E-state index in [2.05, 4.69) is 4.98 Å². The predicted octanol–water partition coefficient (Wildman–Crippen LogP) is 4.31. The largest absolute Gasteiger partial charge is 0.496 e. The molecule has 0 bridgehead atoms. The number of aryl methyl sites for hydroxylation is 1. The summed E-state index contributed by atoms with van der Waals surface area (Å²) in [5.74, 6) is -0.164. The maximum atomic E-state index is 12.8. The van der Waals surface area contributed by atoms with Gasteiger partial charge in [-0.05, 0) is 32.1 Å². The van der Waals surface area contributed by atoms with Gasteiger partial charge in [-0.1, -0.05) is 36.4 Å². The summed E-state index contributed by atoms with van der Waals surface area (Å²) >= 11 is 0. The average Bonchev–Trinajstić information content (AvgIpc) is 3.01. The van der Waals surface area contributed by atoms with E-state index in [9.17, 15) is 9.59 Å². The summed E-state index contributed by atoms with van der Waals surface area (Å²) < 4.78 is 10.5. The third kappa shape index (κ3) is 3.92. The van der Waals surface area contributed by atoms with Crippen LogP contribution in [-0.4, -0.2) is 30.0 Å². The quantitative estimate of drug-likeness (QED) is 0.402. The third-order valence-electron chi connectivity index (χ3n) is 4.34. The molecule has 5 nitrogen and oxygen atoms in total. The van der Waals surface area contributed by atoms with Crippen molar-refractivity contribution in [2.45, 2.75) is 20.0 Å². The first-order valence-corrected chi connectivity index (χ1v) is 8.64. The Hall–Kier alpha value is -3.34. The summed E-state index contributed by atoms with van der Waals surface area (Å²) in [6.07, 6.45) is 2.01. The first-order chi connectivity index (χ1) is 13.0. The van der Waals surface area contributed by atoms with Gasteiger partial charge in [-0.25, -0.2) is 4.79 Å². The zero-order valence-electron chi connectivity index (χ0n) is 15.5. The highest BCUT2D eigenvalue weighted by Gasteiger charge is 2.23. The topological polar surface area (TPSA) is 68.4 Å². The molecule has 3 rings (SSSR count). The van der Waals surface area contributed by atoms with Crippen LogP contribution in [0.1, 0.15) is 28.5 Å².